The minimum absolute atomic E-state index is 0.465. The highest BCUT2D eigenvalue weighted by atomic mass is 35.5. The van der Waals surface area contributed by atoms with Gasteiger partial charge in [-0.3, -0.25) is 9.19 Å². The summed E-state index contributed by atoms with van der Waals surface area (Å²) in [4.78, 5) is 4.68. The molecule has 0 amide bonds. The number of nitrogens with zero attached hydrogens (tertiary/aromatic N) is 1. The molecule has 0 saturated carbocycles. The Hall–Kier alpha value is -1.19. The number of hydrogen-bond donors (Lipinski definition) is 0. The average Bonchev–Trinajstić information content (AvgIpc) is 2.30. The highest BCUT2D eigenvalue weighted by Gasteiger charge is 2.05. The number of hydrogen-bond acceptors (Lipinski definition) is 2. The van der Waals surface area contributed by atoms with Crippen LogP contribution in [0.5, 0.6) is 0 Å². The zero-order chi connectivity index (χ0) is 11.4. The summed E-state index contributed by atoms with van der Waals surface area (Å²) in [7, 11) is -1.06. The van der Waals surface area contributed by atoms with Crippen molar-refractivity contribution in [3.8, 4) is 0 Å². The van der Waals surface area contributed by atoms with Crippen LogP contribution in [0.2, 0.25) is 5.02 Å². The lowest BCUT2D eigenvalue weighted by molar-refractivity contribution is 0.682. The Morgan fingerprint density at radius 1 is 1.25 bits per heavy atom. The molecule has 0 aliphatic rings. The minimum atomic E-state index is -1.06. The second-order valence-corrected chi connectivity index (χ2v) is 5.20. The summed E-state index contributed by atoms with van der Waals surface area (Å²) in [5.41, 5.74) is 0.967. The van der Waals surface area contributed by atoms with Crippen LogP contribution in [-0.2, 0) is 16.6 Å². The molecular weight excluding hydrogens is 242 g/mol. The smallest absolute Gasteiger partial charge is 0.0589 e. The zero-order valence-corrected chi connectivity index (χ0v) is 10.0. The van der Waals surface area contributed by atoms with Crippen molar-refractivity contribution in [2.75, 3.05) is 0 Å². The Balaban J connectivity index is 2.14. The first kappa shape index (κ1) is 11.3. The standard InChI is InChI=1S/C12H10ClNOS/c13-11-4-1-3-10(7-11)9-16(15)12-5-2-6-14-8-12/h1-8H,9H2. The van der Waals surface area contributed by atoms with Crippen LogP contribution in [0.25, 0.3) is 0 Å². The molecule has 0 fully saturated rings. The molecule has 1 aromatic heterocycles. The molecule has 1 unspecified atom stereocenters. The number of rotatable bonds is 3. The minimum Gasteiger partial charge on any atom is -0.263 e. The Kier molecular flexibility index (Phi) is 3.70. The second-order valence-electron chi connectivity index (χ2n) is 3.31. The summed E-state index contributed by atoms with van der Waals surface area (Å²) in [6, 6.07) is 11.0. The van der Waals surface area contributed by atoms with Crippen molar-refractivity contribution in [1.29, 1.82) is 0 Å². The topological polar surface area (TPSA) is 30.0 Å². The van der Waals surface area contributed by atoms with E-state index < -0.39 is 10.8 Å². The first-order valence-electron chi connectivity index (χ1n) is 4.78. The first-order valence-corrected chi connectivity index (χ1v) is 6.48. The van der Waals surface area contributed by atoms with Gasteiger partial charge in [0.1, 0.15) is 0 Å². The van der Waals surface area contributed by atoms with Crippen molar-refractivity contribution in [2.24, 2.45) is 0 Å². The van der Waals surface area contributed by atoms with Gasteiger partial charge < -0.3 is 0 Å². The SMILES string of the molecule is O=S(Cc1cccc(Cl)c1)c1cccnc1. The molecule has 0 aliphatic heterocycles. The molecular formula is C12H10ClNOS. The molecule has 0 spiro atoms. The fourth-order valence-electron chi connectivity index (χ4n) is 1.34. The van der Waals surface area contributed by atoms with Crippen LogP contribution in [0.1, 0.15) is 5.56 Å². The van der Waals surface area contributed by atoms with E-state index in [9.17, 15) is 4.21 Å². The van der Waals surface area contributed by atoms with Crippen LogP contribution in [0.3, 0.4) is 0 Å². The lowest BCUT2D eigenvalue weighted by Crippen LogP contribution is -1.96. The van der Waals surface area contributed by atoms with Crippen LogP contribution in [0.4, 0.5) is 0 Å². The van der Waals surface area contributed by atoms with Gasteiger partial charge in [0, 0.05) is 17.4 Å². The molecule has 0 bridgehead atoms. The lowest BCUT2D eigenvalue weighted by atomic mass is 10.2. The molecule has 4 heteroatoms. The van der Waals surface area contributed by atoms with Crippen LogP contribution in [0, 0.1) is 0 Å². The molecule has 0 radical (unpaired) electrons. The largest absolute Gasteiger partial charge is 0.263 e. The maximum atomic E-state index is 12.0. The summed E-state index contributed by atoms with van der Waals surface area (Å²) < 4.78 is 12.0. The van der Waals surface area contributed by atoms with E-state index in [2.05, 4.69) is 4.98 Å². The van der Waals surface area contributed by atoms with Crippen molar-refractivity contribution < 1.29 is 4.21 Å². The van der Waals surface area contributed by atoms with Crippen LogP contribution < -0.4 is 0 Å². The van der Waals surface area contributed by atoms with E-state index >= 15 is 0 Å². The fraction of sp³-hybridized carbons (Fsp3) is 0.0833. The van der Waals surface area contributed by atoms with Gasteiger partial charge in [-0.25, -0.2) is 0 Å². The lowest BCUT2D eigenvalue weighted by Gasteiger charge is -2.02. The molecule has 2 rings (SSSR count). The van der Waals surface area contributed by atoms with E-state index in [1.54, 1.807) is 24.5 Å². The summed E-state index contributed by atoms with van der Waals surface area (Å²) in [5.74, 6) is 0.465. The third-order valence-electron chi connectivity index (χ3n) is 2.08. The predicted molar refractivity (Wildman–Crippen MR) is 65.8 cm³/mol. The van der Waals surface area contributed by atoms with Crippen molar-refractivity contribution in [3.63, 3.8) is 0 Å². The van der Waals surface area contributed by atoms with Crippen LogP contribution in [-0.4, -0.2) is 9.19 Å². The summed E-state index contributed by atoms with van der Waals surface area (Å²) >= 11 is 5.86. The molecule has 0 saturated heterocycles. The zero-order valence-electron chi connectivity index (χ0n) is 8.47. The van der Waals surface area contributed by atoms with E-state index in [1.807, 2.05) is 24.3 Å². The van der Waals surface area contributed by atoms with Crippen LogP contribution in [0.15, 0.2) is 53.7 Å². The number of benzene rings is 1. The molecule has 2 nitrogen and oxygen atoms in total. The first-order chi connectivity index (χ1) is 7.75. The molecule has 2 aromatic rings. The normalized spacial score (nSPS) is 12.3. The number of aromatic nitrogens is 1. The summed E-state index contributed by atoms with van der Waals surface area (Å²) in [6.07, 6.45) is 3.29. The van der Waals surface area contributed by atoms with E-state index in [4.69, 9.17) is 11.6 Å². The predicted octanol–water partition coefficient (Wildman–Crippen LogP) is 3.04. The highest BCUT2D eigenvalue weighted by Crippen LogP contribution is 2.15. The highest BCUT2D eigenvalue weighted by molar-refractivity contribution is 7.84. The monoisotopic (exact) mass is 251 g/mol. The quantitative estimate of drug-likeness (QED) is 0.839. The van der Waals surface area contributed by atoms with Gasteiger partial charge in [-0.1, -0.05) is 23.7 Å². The van der Waals surface area contributed by atoms with Crippen molar-refractivity contribution in [1.82, 2.24) is 4.98 Å². The molecule has 0 N–H and O–H groups in total. The third-order valence-corrected chi connectivity index (χ3v) is 3.68. The number of halogens is 1. The maximum Gasteiger partial charge on any atom is 0.0589 e. The van der Waals surface area contributed by atoms with Crippen molar-refractivity contribution >= 4 is 22.4 Å². The van der Waals surface area contributed by atoms with Gasteiger partial charge >= 0.3 is 0 Å². The fourth-order valence-corrected chi connectivity index (χ4v) is 2.61. The molecule has 16 heavy (non-hydrogen) atoms. The number of pyridine rings is 1. The van der Waals surface area contributed by atoms with Gasteiger partial charge in [0.15, 0.2) is 0 Å². The Labute approximate surface area is 102 Å². The second kappa shape index (κ2) is 5.23. The summed E-state index contributed by atoms with van der Waals surface area (Å²) in [6.45, 7) is 0. The Bertz CT molecular complexity index is 501. The maximum absolute atomic E-state index is 12.0. The van der Waals surface area contributed by atoms with Gasteiger partial charge in [-0.05, 0) is 29.8 Å². The Morgan fingerprint density at radius 3 is 2.81 bits per heavy atom. The van der Waals surface area contributed by atoms with Gasteiger partial charge in [0.25, 0.3) is 0 Å². The summed E-state index contributed by atoms with van der Waals surface area (Å²) in [5, 5.41) is 0.667. The molecule has 1 aromatic carbocycles. The van der Waals surface area contributed by atoms with E-state index in [-0.39, 0.29) is 0 Å². The van der Waals surface area contributed by atoms with Crippen LogP contribution >= 0.6 is 11.6 Å². The van der Waals surface area contributed by atoms with Gasteiger partial charge in [-0.15, -0.1) is 0 Å². The van der Waals surface area contributed by atoms with E-state index in [1.165, 1.54) is 0 Å². The molecule has 1 atom stereocenters. The van der Waals surface area contributed by atoms with Gasteiger partial charge in [-0.2, -0.15) is 0 Å². The van der Waals surface area contributed by atoms with Gasteiger partial charge in [0.2, 0.25) is 0 Å². The van der Waals surface area contributed by atoms with Gasteiger partial charge in [0.05, 0.1) is 21.4 Å². The average molecular weight is 252 g/mol. The van der Waals surface area contributed by atoms with Crippen molar-refractivity contribution in [3.05, 3.63) is 59.4 Å². The molecule has 0 aliphatic carbocycles. The third kappa shape index (κ3) is 2.90. The van der Waals surface area contributed by atoms with E-state index in [0.717, 1.165) is 10.5 Å². The Morgan fingerprint density at radius 2 is 2.12 bits per heavy atom. The van der Waals surface area contributed by atoms with E-state index in [0.29, 0.717) is 10.8 Å². The molecule has 1 heterocycles. The molecule has 82 valence electrons. The van der Waals surface area contributed by atoms with Crippen molar-refractivity contribution in [2.45, 2.75) is 10.6 Å².